The Labute approximate surface area is 156 Å². The molecule has 3 aromatic rings. The molecule has 8 heteroatoms. The number of anilines is 2. The van der Waals surface area contributed by atoms with E-state index in [2.05, 4.69) is 10.3 Å². The summed E-state index contributed by atoms with van der Waals surface area (Å²) < 4.78 is 30.6. The van der Waals surface area contributed by atoms with Crippen molar-refractivity contribution in [2.24, 2.45) is 0 Å². The minimum absolute atomic E-state index is 0.166. The van der Waals surface area contributed by atoms with Crippen LogP contribution in [0.4, 0.5) is 11.4 Å². The first kappa shape index (κ1) is 17.3. The Morgan fingerprint density at radius 1 is 1.07 bits per heavy atom. The number of nitrogens with one attached hydrogen (secondary N) is 1. The average Bonchev–Trinajstić information content (AvgIpc) is 3.32. The largest absolute Gasteiger partial charge is 0.444 e. The lowest BCUT2D eigenvalue weighted by atomic mass is 10.1. The quantitative estimate of drug-likeness (QED) is 0.747. The van der Waals surface area contributed by atoms with Gasteiger partial charge in [-0.25, -0.2) is 13.4 Å². The third kappa shape index (κ3) is 3.56. The molecule has 2 heterocycles. The van der Waals surface area contributed by atoms with E-state index in [1.54, 1.807) is 42.6 Å². The molecule has 0 spiro atoms. The van der Waals surface area contributed by atoms with Gasteiger partial charge in [-0.3, -0.25) is 9.10 Å². The van der Waals surface area contributed by atoms with Crippen molar-refractivity contribution >= 4 is 27.3 Å². The summed E-state index contributed by atoms with van der Waals surface area (Å²) in [6.45, 7) is 0.478. The SMILES string of the molecule is O=C(Nc1ccc(-c2cnco2)cc1)c1ccc(N2CCCS2(=O)=O)cc1. The maximum absolute atomic E-state index is 12.4. The summed E-state index contributed by atoms with van der Waals surface area (Å²) in [6, 6.07) is 13.8. The summed E-state index contributed by atoms with van der Waals surface area (Å²) in [5.74, 6) is 0.554. The van der Waals surface area contributed by atoms with Crippen LogP contribution < -0.4 is 9.62 Å². The first-order valence-corrected chi connectivity index (χ1v) is 10.0. The number of hydrogen-bond donors (Lipinski definition) is 1. The minimum Gasteiger partial charge on any atom is -0.444 e. The first-order chi connectivity index (χ1) is 13.0. The van der Waals surface area contributed by atoms with E-state index in [9.17, 15) is 13.2 Å². The van der Waals surface area contributed by atoms with Crippen LogP contribution in [-0.4, -0.2) is 31.6 Å². The van der Waals surface area contributed by atoms with E-state index in [0.29, 0.717) is 35.7 Å². The molecule has 7 nitrogen and oxygen atoms in total. The van der Waals surface area contributed by atoms with Crippen LogP contribution in [0.3, 0.4) is 0 Å². The molecule has 0 bridgehead atoms. The lowest BCUT2D eigenvalue weighted by Crippen LogP contribution is -2.25. The third-order valence-electron chi connectivity index (χ3n) is 4.38. The summed E-state index contributed by atoms with van der Waals surface area (Å²) in [5.41, 5.74) is 2.55. The highest BCUT2D eigenvalue weighted by Crippen LogP contribution is 2.25. The van der Waals surface area contributed by atoms with E-state index in [1.165, 1.54) is 10.7 Å². The molecule has 138 valence electrons. The van der Waals surface area contributed by atoms with Gasteiger partial charge in [0.2, 0.25) is 10.0 Å². The van der Waals surface area contributed by atoms with Crippen molar-refractivity contribution in [2.75, 3.05) is 21.9 Å². The van der Waals surface area contributed by atoms with Crippen LogP contribution in [0.15, 0.2) is 65.5 Å². The molecule has 1 aromatic heterocycles. The van der Waals surface area contributed by atoms with Gasteiger partial charge >= 0.3 is 0 Å². The van der Waals surface area contributed by atoms with Crippen molar-refractivity contribution in [3.63, 3.8) is 0 Å². The summed E-state index contributed by atoms with van der Waals surface area (Å²) in [4.78, 5) is 16.3. The lowest BCUT2D eigenvalue weighted by molar-refractivity contribution is 0.102. The zero-order valence-corrected chi connectivity index (χ0v) is 15.1. The highest BCUT2D eigenvalue weighted by Gasteiger charge is 2.28. The van der Waals surface area contributed by atoms with Gasteiger partial charge in [-0.2, -0.15) is 0 Å². The van der Waals surface area contributed by atoms with Gasteiger partial charge < -0.3 is 9.73 Å². The van der Waals surface area contributed by atoms with E-state index in [-0.39, 0.29) is 11.7 Å². The Hall–Kier alpha value is -3.13. The number of aromatic nitrogens is 1. The number of oxazole rings is 1. The number of carbonyl (C=O) groups is 1. The molecular formula is C19H17N3O4S. The molecule has 1 N–H and O–H groups in total. The van der Waals surface area contributed by atoms with E-state index < -0.39 is 10.0 Å². The molecule has 1 fully saturated rings. The zero-order valence-electron chi connectivity index (χ0n) is 14.3. The fourth-order valence-corrected chi connectivity index (χ4v) is 4.55. The van der Waals surface area contributed by atoms with Crippen molar-refractivity contribution in [1.82, 2.24) is 4.98 Å². The van der Waals surface area contributed by atoms with Crippen LogP contribution in [0, 0.1) is 0 Å². The summed E-state index contributed by atoms with van der Waals surface area (Å²) in [5, 5.41) is 2.82. The summed E-state index contributed by atoms with van der Waals surface area (Å²) in [6.07, 6.45) is 3.60. The van der Waals surface area contributed by atoms with Gasteiger partial charge in [0, 0.05) is 23.4 Å². The van der Waals surface area contributed by atoms with Gasteiger partial charge in [0.15, 0.2) is 12.2 Å². The molecule has 1 amide bonds. The van der Waals surface area contributed by atoms with Crippen LogP contribution in [0.2, 0.25) is 0 Å². The first-order valence-electron chi connectivity index (χ1n) is 8.44. The van der Waals surface area contributed by atoms with Gasteiger partial charge in [-0.15, -0.1) is 0 Å². The Morgan fingerprint density at radius 3 is 2.41 bits per heavy atom. The molecule has 0 radical (unpaired) electrons. The van der Waals surface area contributed by atoms with E-state index >= 15 is 0 Å². The Balaban J connectivity index is 1.45. The van der Waals surface area contributed by atoms with E-state index in [4.69, 9.17) is 4.42 Å². The fourth-order valence-electron chi connectivity index (χ4n) is 2.99. The van der Waals surface area contributed by atoms with Crippen molar-refractivity contribution in [1.29, 1.82) is 0 Å². The maximum Gasteiger partial charge on any atom is 0.255 e. The summed E-state index contributed by atoms with van der Waals surface area (Å²) in [7, 11) is -3.22. The van der Waals surface area contributed by atoms with Crippen LogP contribution in [0.5, 0.6) is 0 Å². The second kappa shape index (κ2) is 6.88. The molecule has 1 aliphatic heterocycles. The lowest BCUT2D eigenvalue weighted by Gasteiger charge is -2.17. The molecule has 1 aliphatic rings. The Kier molecular flexibility index (Phi) is 4.41. The number of hydrogen-bond acceptors (Lipinski definition) is 5. The standard InChI is InChI=1S/C19H17N3O4S/c23-19(21-16-6-2-14(3-7-16)18-12-20-13-26-18)15-4-8-17(9-5-15)22-10-1-11-27(22,24)25/h2-9,12-13H,1,10-11H2,(H,21,23). The van der Waals surface area contributed by atoms with Gasteiger partial charge in [-0.05, 0) is 55.0 Å². The minimum atomic E-state index is -3.22. The van der Waals surface area contributed by atoms with Gasteiger partial charge in [0.1, 0.15) is 0 Å². The number of rotatable bonds is 4. The smallest absolute Gasteiger partial charge is 0.255 e. The number of nitrogens with zero attached hydrogens (tertiary/aromatic N) is 2. The Morgan fingerprint density at radius 2 is 1.81 bits per heavy atom. The molecule has 0 unspecified atom stereocenters. The average molecular weight is 383 g/mol. The molecule has 27 heavy (non-hydrogen) atoms. The summed E-state index contributed by atoms with van der Waals surface area (Å²) >= 11 is 0. The van der Waals surface area contributed by atoms with Gasteiger partial charge in [-0.1, -0.05) is 0 Å². The molecule has 4 rings (SSSR count). The van der Waals surface area contributed by atoms with Crippen molar-refractivity contribution in [2.45, 2.75) is 6.42 Å². The van der Waals surface area contributed by atoms with Gasteiger partial charge in [0.25, 0.3) is 5.91 Å². The molecule has 0 aliphatic carbocycles. The van der Waals surface area contributed by atoms with Crippen LogP contribution in [-0.2, 0) is 10.0 Å². The molecule has 2 aromatic carbocycles. The normalized spacial score (nSPS) is 15.6. The van der Waals surface area contributed by atoms with E-state index in [1.807, 2.05) is 12.1 Å². The molecule has 0 saturated carbocycles. The highest BCUT2D eigenvalue weighted by molar-refractivity contribution is 7.93. The molecule has 0 atom stereocenters. The van der Waals surface area contributed by atoms with Crippen LogP contribution in [0.25, 0.3) is 11.3 Å². The maximum atomic E-state index is 12.4. The second-order valence-electron chi connectivity index (χ2n) is 6.19. The number of amides is 1. The van der Waals surface area contributed by atoms with Crippen molar-refractivity contribution in [3.05, 3.63) is 66.7 Å². The zero-order chi connectivity index (χ0) is 18.9. The van der Waals surface area contributed by atoms with Crippen LogP contribution in [0.1, 0.15) is 16.8 Å². The predicted molar refractivity (Wildman–Crippen MR) is 102 cm³/mol. The topological polar surface area (TPSA) is 92.5 Å². The van der Waals surface area contributed by atoms with E-state index in [0.717, 1.165) is 5.56 Å². The number of sulfonamides is 1. The molecular weight excluding hydrogens is 366 g/mol. The number of carbonyl (C=O) groups excluding carboxylic acids is 1. The van der Waals surface area contributed by atoms with Crippen molar-refractivity contribution < 1.29 is 17.6 Å². The van der Waals surface area contributed by atoms with Crippen LogP contribution >= 0.6 is 0 Å². The highest BCUT2D eigenvalue weighted by atomic mass is 32.2. The molecule has 1 saturated heterocycles. The predicted octanol–water partition coefficient (Wildman–Crippen LogP) is 3.13. The van der Waals surface area contributed by atoms with Gasteiger partial charge in [0.05, 0.1) is 17.6 Å². The fraction of sp³-hybridized carbons (Fsp3) is 0.158. The van der Waals surface area contributed by atoms with Crippen molar-refractivity contribution in [3.8, 4) is 11.3 Å². The number of benzene rings is 2. The second-order valence-corrected chi connectivity index (χ2v) is 8.20. The monoisotopic (exact) mass is 383 g/mol. The third-order valence-corrected chi connectivity index (χ3v) is 6.25. The Bertz CT molecular complexity index is 1040.